The summed E-state index contributed by atoms with van der Waals surface area (Å²) >= 11 is 0. The quantitative estimate of drug-likeness (QED) is 0.840. The van der Waals surface area contributed by atoms with Gasteiger partial charge in [-0.2, -0.15) is 0 Å². The van der Waals surface area contributed by atoms with Crippen LogP contribution in [0.4, 0.5) is 0 Å². The number of benzene rings is 1. The largest absolute Gasteiger partial charge is 0.493 e. The number of hydrogen-bond acceptors (Lipinski definition) is 4. The molecule has 0 bridgehead atoms. The standard InChI is InChI=1S/C19H27N3O3.ClH/c23-18(8-15-25-17-4-2-1-3-5-17)21-11-6-16(7-12-21)19(24)22-13-9-20-10-14-22;/h1-5,16,20H,6-15H2;1H. The van der Waals surface area contributed by atoms with E-state index < -0.39 is 0 Å². The van der Waals surface area contributed by atoms with Gasteiger partial charge in [-0.25, -0.2) is 0 Å². The van der Waals surface area contributed by atoms with Crippen LogP contribution in [0.2, 0.25) is 0 Å². The van der Waals surface area contributed by atoms with E-state index in [1.807, 2.05) is 40.1 Å². The van der Waals surface area contributed by atoms with E-state index in [1.165, 1.54) is 0 Å². The first-order valence-electron chi connectivity index (χ1n) is 9.19. The highest BCUT2D eigenvalue weighted by Crippen LogP contribution is 2.20. The van der Waals surface area contributed by atoms with Crippen LogP contribution >= 0.6 is 12.4 Å². The van der Waals surface area contributed by atoms with E-state index >= 15 is 0 Å². The average Bonchev–Trinajstić information content (AvgIpc) is 2.69. The van der Waals surface area contributed by atoms with Gasteiger partial charge in [-0.1, -0.05) is 18.2 Å². The fourth-order valence-electron chi connectivity index (χ4n) is 3.45. The minimum Gasteiger partial charge on any atom is -0.493 e. The first-order chi connectivity index (χ1) is 12.2. The van der Waals surface area contributed by atoms with Crippen molar-refractivity contribution in [1.29, 1.82) is 0 Å². The second kappa shape index (κ2) is 10.4. The van der Waals surface area contributed by atoms with Crippen molar-refractivity contribution in [1.82, 2.24) is 15.1 Å². The molecule has 0 radical (unpaired) electrons. The number of nitrogens with zero attached hydrogens (tertiary/aromatic N) is 2. The summed E-state index contributed by atoms with van der Waals surface area (Å²) in [5, 5.41) is 3.27. The monoisotopic (exact) mass is 381 g/mol. The number of piperidine rings is 1. The lowest BCUT2D eigenvalue weighted by Gasteiger charge is -2.35. The number of amides is 2. The molecule has 26 heavy (non-hydrogen) atoms. The maximum absolute atomic E-state index is 12.5. The van der Waals surface area contributed by atoms with Gasteiger partial charge in [0.2, 0.25) is 11.8 Å². The van der Waals surface area contributed by atoms with Crippen LogP contribution in [0.1, 0.15) is 19.3 Å². The normalized spacial score (nSPS) is 18.2. The molecule has 3 rings (SSSR count). The summed E-state index contributed by atoms with van der Waals surface area (Å²) in [6.07, 6.45) is 1.92. The molecule has 0 aliphatic carbocycles. The van der Waals surface area contributed by atoms with Crippen molar-refractivity contribution >= 4 is 24.2 Å². The predicted molar refractivity (Wildman–Crippen MR) is 103 cm³/mol. The van der Waals surface area contributed by atoms with Gasteiger partial charge < -0.3 is 19.9 Å². The summed E-state index contributed by atoms with van der Waals surface area (Å²) in [4.78, 5) is 28.7. The number of para-hydroxylation sites is 1. The van der Waals surface area contributed by atoms with E-state index in [0.29, 0.717) is 26.1 Å². The minimum atomic E-state index is 0. The van der Waals surface area contributed by atoms with Gasteiger partial charge in [-0.05, 0) is 25.0 Å². The lowest BCUT2D eigenvalue weighted by atomic mass is 9.95. The van der Waals surface area contributed by atoms with E-state index in [2.05, 4.69) is 5.32 Å². The number of halogens is 1. The summed E-state index contributed by atoms with van der Waals surface area (Å²) < 4.78 is 5.59. The number of rotatable bonds is 5. The summed E-state index contributed by atoms with van der Waals surface area (Å²) in [6, 6.07) is 9.54. The van der Waals surface area contributed by atoms with Crippen molar-refractivity contribution in [2.24, 2.45) is 5.92 Å². The lowest BCUT2D eigenvalue weighted by Crippen LogP contribution is -2.50. The molecule has 7 heteroatoms. The maximum atomic E-state index is 12.5. The maximum Gasteiger partial charge on any atom is 0.225 e. The molecule has 0 spiro atoms. The molecule has 144 valence electrons. The van der Waals surface area contributed by atoms with Gasteiger partial charge in [0.25, 0.3) is 0 Å². The highest BCUT2D eigenvalue weighted by Gasteiger charge is 2.30. The molecule has 2 heterocycles. The molecule has 6 nitrogen and oxygen atoms in total. The number of hydrogen-bond donors (Lipinski definition) is 1. The van der Waals surface area contributed by atoms with Crippen LogP contribution in [-0.2, 0) is 9.59 Å². The predicted octanol–water partition coefficient (Wildman–Crippen LogP) is 1.55. The fourth-order valence-corrected chi connectivity index (χ4v) is 3.45. The second-order valence-corrected chi connectivity index (χ2v) is 6.64. The third-order valence-electron chi connectivity index (χ3n) is 4.95. The zero-order valence-electron chi connectivity index (χ0n) is 15.1. The number of piperazine rings is 1. The fraction of sp³-hybridized carbons (Fsp3) is 0.579. The van der Waals surface area contributed by atoms with E-state index in [4.69, 9.17) is 4.74 Å². The number of likely N-dealkylation sites (tertiary alicyclic amines) is 1. The van der Waals surface area contributed by atoms with Crippen molar-refractivity contribution in [2.45, 2.75) is 19.3 Å². The van der Waals surface area contributed by atoms with Gasteiger partial charge in [-0.15, -0.1) is 12.4 Å². The molecular formula is C19H28ClN3O3. The van der Waals surface area contributed by atoms with Gasteiger partial charge in [0.15, 0.2) is 0 Å². The van der Waals surface area contributed by atoms with E-state index in [0.717, 1.165) is 44.8 Å². The molecule has 2 aliphatic heterocycles. The Labute approximate surface area is 161 Å². The zero-order chi connectivity index (χ0) is 17.5. The van der Waals surface area contributed by atoms with Crippen molar-refractivity contribution in [3.05, 3.63) is 30.3 Å². The molecule has 1 N–H and O–H groups in total. The number of nitrogens with one attached hydrogen (secondary N) is 1. The third kappa shape index (κ3) is 5.61. The molecular weight excluding hydrogens is 354 g/mol. The Morgan fingerprint density at radius 3 is 2.31 bits per heavy atom. The van der Waals surface area contributed by atoms with Crippen LogP contribution in [0.3, 0.4) is 0 Å². The molecule has 2 fully saturated rings. The van der Waals surface area contributed by atoms with Crippen molar-refractivity contribution in [3.63, 3.8) is 0 Å². The Kier molecular flexibility index (Phi) is 8.19. The number of ether oxygens (including phenoxy) is 1. The summed E-state index contributed by atoms with van der Waals surface area (Å²) in [5.74, 6) is 1.24. The minimum absolute atomic E-state index is 0. The molecule has 0 aromatic heterocycles. The smallest absolute Gasteiger partial charge is 0.225 e. The topological polar surface area (TPSA) is 61.9 Å². The highest BCUT2D eigenvalue weighted by atomic mass is 35.5. The molecule has 0 atom stereocenters. The van der Waals surface area contributed by atoms with E-state index in [-0.39, 0.29) is 30.1 Å². The van der Waals surface area contributed by atoms with Gasteiger partial charge in [0.1, 0.15) is 5.75 Å². The molecule has 2 amide bonds. The van der Waals surface area contributed by atoms with Crippen LogP contribution < -0.4 is 10.1 Å². The molecule has 0 unspecified atom stereocenters. The third-order valence-corrected chi connectivity index (χ3v) is 4.95. The summed E-state index contributed by atoms with van der Waals surface area (Å²) in [5.41, 5.74) is 0. The van der Waals surface area contributed by atoms with Gasteiger partial charge in [-0.3, -0.25) is 9.59 Å². The van der Waals surface area contributed by atoms with Crippen molar-refractivity contribution < 1.29 is 14.3 Å². The first-order valence-corrected chi connectivity index (χ1v) is 9.19. The molecule has 0 saturated carbocycles. The van der Waals surface area contributed by atoms with Gasteiger partial charge in [0.05, 0.1) is 13.0 Å². The van der Waals surface area contributed by atoms with Gasteiger partial charge in [0, 0.05) is 45.2 Å². The molecule has 1 aromatic carbocycles. The lowest BCUT2D eigenvalue weighted by molar-refractivity contribution is -0.141. The Morgan fingerprint density at radius 1 is 1.00 bits per heavy atom. The zero-order valence-corrected chi connectivity index (χ0v) is 15.9. The van der Waals surface area contributed by atoms with E-state index in [9.17, 15) is 9.59 Å². The van der Waals surface area contributed by atoms with E-state index in [1.54, 1.807) is 0 Å². The van der Waals surface area contributed by atoms with Crippen LogP contribution in [0, 0.1) is 5.92 Å². The molecule has 2 saturated heterocycles. The van der Waals surface area contributed by atoms with Crippen LogP contribution in [0.15, 0.2) is 30.3 Å². The second-order valence-electron chi connectivity index (χ2n) is 6.64. The molecule has 2 aliphatic rings. The Balaban J connectivity index is 0.00000243. The van der Waals surface area contributed by atoms with Crippen LogP contribution in [0.5, 0.6) is 5.75 Å². The van der Waals surface area contributed by atoms with Crippen molar-refractivity contribution in [2.75, 3.05) is 45.9 Å². The summed E-state index contributed by atoms with van der Waals surface area (Å²) in [6.45, 7) is 5.10. The number of carbonyl (C=O) groups excluding carboxylic acids is 2. The van der Waals surface area contributed by atoms with Crippen LogP contribution in [-0.4, -0.2) is 67.5 Å². The first kappa shape index (κ1) is 20.5. The Morgan fingerprint density at radius 2 is 1.65 bits per heavy atom. The van der Waals surface area contributed by atoms with Gasteiger partial charge >= 0.3 is 0 Å². The highest BCUT2D eigenvalue weighted by molar-refractivity contribution is 5.85. The summed E-state index contributed by atoms with van der Waals surface area (Å²) in [7, 11) is 0. The number of carbonyl (C=O) groups is 2. The Hall–Kier alpha value is -1.79. The Bertz CT molecular complexity index is 571. The average molecular weight is 382 g/mol. The molecule has 1 aromatic rings. The van der Waals surface area contributed by atoms with Crippen molar-refractivity contribution in [3.8, 4) is 5.75 Å². The van der Waals surface area contributed by atoms with Crippen LogP contribution in [0.25, 0.3) is 0 Å². The SMILES string of the molecule is Cl.O=C(CCOc1ccccc1)N1CCC(C(=O)N2CCNCC2)CC1.